The van der Waals surface area contributed by atoms with Crippen molar-refractivity contribution in [1.29, 1.82) is 0 Å². The average Bonchev–Trinajstić information content (AvgIpc) is 3.38. The van der Waals surface area contributed by atoms with Gasteiger partial charge in [0.25, 0.3) is 5.82 Å². The van der Waals surface area contributed by atoms with Gasteiger partial charge in [-0.2, -0.15) is 4.57 Å². The van der Waals surface area contributed by atoms with Crippen molar-refractivity contribution in [3.8, 4) is 17.1 Å². The Balaban J connectivity index is 1.85. The largest absolute Gasteiger partial charge is 0.456 e. The van der Waals surface area contributed by atoms with Crippen LogP contribution in [0, 0.1) is 13.8 Å². The van der Waals surface area contributed by atoms with E-state index in [0.717, 1.165) is 28.2 Å². The molecule has 0 amide bonds. The van der Waals surface area contributed by atoms with Crippen LogP contribution in [0.3, 0.4) is 0 Å². The lowest BCUT2D eigenvalue weighted by molar-refractivity contribution is -0.633. The van der Waals surface area contributed by atoms with Crippen LogP contribution in [0.1, 0.15) is 61.9 Å². The highest BCUT2D eigenvalue weighted by atomic mass is 16.3. The maximum Gasteiger partial charge on any atom is 0.296 e. The lowest BCUT2D eigenvalue weighted by Gasteiger charge is -2.19. The monoisotopic (exact) mass is 488 g/mol. The van der Waals surface area contributed by atoms with Gasteiger partial charge in [-0.15, -0.1) is 0 Å². The quantitative estimate of drug-likeness (QED) is 0.234. The Kier molecular flexibility index (Phi) is 5.45. The topological polar surface area (TPSA) is 34.8 Å². The second-order valence-corrected chi connectivity index (χ2v) is 10.9. The number of pyridine rings is 1. The number of aryl methyl sites for hydroxylation is 3. The third-order valence-electron chi connectivity index (χ3n) is 7.63. The third-order valence-corrected chi connectivity index (χ3v) is 7.63. The zero-order valence-electron chi connectivity index (χ0n) is 22.8. The first kappa shape index (κ1) is 23.5. The van der Waals surface area contributed by atoms with Crippen molar-refractivity contribution in [2.24, 2.45) is 7.05 Å². The summed E-state index contributed by atoms with van der Waals surface area (Å²) in [4.78, 5) is 4.71. The van der Waals surface area contributed by atoms with E-state index in [1.165, 1.54) is 44.2 Å². The first-order chi connectivity index (χ1) is 17.8. The highest BCUT2D eigenvalue weighted by Crippen LogP contribution is 2.43. The normalized spacial score (nSPS) is 12.1. The molecule has 0 atom stereocenters. The van der Waals surface area contributed by atoms with Crippen molar-refractivity contribution in [2.45, 2.75) is 53.4 Å². The van der Waals surface area contributed by atoms with Crippen LogP contribution in [0.4, 0.5) is 0 Å². The molecule has 4 nitrogen and oxygen atoms in total. The van der Waals surface area contributed by atoms with Gasteiger partial charge in [0.2, 0.25) is 0 Å². The van der Waals surface area contributed by atoms with Gasteiger partial charge in [0, 0.05) is 33.8 Å². The summed E-state index contributed by atoms with van der Waals surface area (Å²) < 4.78 is 11.4. The van der Waals surface area contributed by atoms with Crippen molar-refractivity contribution in [2.75, 3.05) is 0 Å². The molecule has 3 heterocycles. The van der Waals surface area contributed by atoms with Gasteiger partial charge in [0.1, 0.15) is 16.9 Å². The second kappa shape index (κ2) is 8.58. The average molecular weight is 489 g/mol. The number of hydrogen-bond donors (Lipinski definition) is 0. The zero-order chi connectivity index (χ0) is 26.0. The van der Waals surface area contributed by atoms with Gasteiger partial charge < -0.3 is 4.42 Å². The standard InChI is InChI=1S/C33H34N3O/c1-19(2)24-17-25-23-12-8-11-15-29(23)37-32(25)30(20(3)4)31(24)36-28-14-10-9-13-27(28)35(7)33(36)26-18-34-22(6)16-21(26)5/h8-20H,1-7H3/q+1. The van der Waals surface area contributed by atoms with Crippen LogP contribution >= 0.6 is 0 Å². The van der Waals surface area contributed by atoms with E-state index in [9.17, 15) is 0 Å². The molecular formula is C33H34N3O+. The van der Waals surface area contributed by atoms with Gasteiger partial charge >= 0.3 is 0 Å². The van der Waals surface area contributed by atoms with Crippen LogP contribution in [0.15, 0.2) is 71.3 Å². The molecule has 0 aliphatic rings. The summed E-state index contributed by atoms with van der Waals surface area (Å²) in [6, 6.07) is 21.6. The number of furan rings is 1. The molecule has 0 radical (unpaired) electrons. The van der Waals surface area contributed by atoms with Crippen LogP contribution in [0.5, 0.6) is 0 Å². The number of fused-ring (bicyclic) bond motifs is 4. The first-order valence-corrected chi connectivity index (χ1v) is 13.2. The molecule has 6 aromatic rings. The Hall–Kier alpha value is -3.92. The Labute approximate surface area is 218 Å². The molecule has 0 unspecified atom stereocenters. The lowest BCUT2D eigenvalue weighted by Crippen LogP contribution is -2.30. The number of hydrogen-bond acceptors (Lipinski definition) is 2. The van der Waals surface area contributed by atoms with Crippen molar-refractivity contribution in [3.63, 3.8) is 0 Å². The number of benzene rings is 3. The minimum Gasteiger partial charge on any atom is -0.456 e. The zero-order valence-corrected chi connectivity index (χ0v) is 22.8. The predicted molar refractivity (Wildman–Crippen MR) is 153 cm³/mol. The summed E-state index contributed by atoms with van der Waals surface area (Å²) in [5.41, 5.74) is 11.5. The molecule has 0 bridgehead atoms. The molecule has 37 heavy (non-hydrogen) atoms. The minimum atomic E-state index is 0.258. The molecule has 0 fully saturated rings. The SMILES string of the molecule is Cc1cc(C)c(-c2n(-c3c(C(C)C)cc4c(oc5ccccc54)c3C(C)C)c3ccccc3[n+]2C)cn1. The number of rotatable bonds is 4. The molecule has 0 aliphatic carbocycles. The number of nitrogens with zero attached hydrogens (tertiary/aromatic N) is 3. The van der Waals surface area contributed by atoms with Gasteiger partial charge in [0.15, 0.2) is 11.0 Å². The van der Waals surface area contributed by atoms with E-state index in [2.05, 4.69) is 118 Å². The van der Waals surface area contributed by atoms with E-state index >= 15 is 0 Å². The molecule has 0 spiro atoms. The van der Waals surface area contributed by atoms with E-state index < -0.39 is 0 Å². The number of imidazole rings is 1. The van der Waals surface area contributed by atoms with Crippen molar-refractivity contribution in [3.05, 3.63) is 89.2 Å². The van der Waals surface area contributed by atoms with Gasteiger partial charge in [-0.25, -0.2) is 4.57 Å². The highest BCUT2D eigenvalue weighted by molar-refractivity contribution is 6.07. The third kappa shape index (κ3) is 3.50. The number of aromatic nitrogens is 3. The van der Waals surface area contributed by atoms with E-state index in [4.69, 9.17) is 9.40 Å². The Morgan fingerprint density at radius 3 is 2.32 bits per heavy atom. The van der Waals surface area contributed by atoms with Crippen molar-refractivity contribution >= 4 is 33.0 Å². The van der Waals surface area contributed by atoms with E-state index in [1.807, 2.05) is 6.20 Å². The fraction of sp³-hybridized carbons (Fsp3) is 0.273. The van der Waals surface area contributed by atoms with Crippen LogP contribution in [0.25, 0.3) is 50.0 Å². The molecule has 0 N–H and O–H groups in total. The van der Waals surface area contributed by atoms with Crippen LogP contribution < -0.4 is 4.57 Å². The molecule has 4 heteroatoms. The van der Waals surface area contributed by atoms with Gasteiger partial charge in [-0.1, -0.05) is 58.0 Å². The Morgan fingerprint density at radius 1 is 0.865 bits per heavy atom. The molecule has 0 saturated carbocycles. The van der Waals surface area contributed by atoms with Crippen molar-refractivity contribution in [1.82, 2.24) is 9.55 Å². The minimum absolute atomic E-state index is 0.258. The Bertz CT molecular complexity index is 1820. The van der Waals surface area contributed by atoms with Gasteiger partial charge in [-0.05, 0) is 61.6 Å². The van der Waals surface area contributed by atoms with Gasteiger partial charge in [-0.3, -0.25) is 4.98 Å². The molecule has 0 aliphatic heterocycles. The molecule has 0 saturated heterocycles. The van der Waals surface area contributed by atoms with E-state index in [1.54, 1.807) is 0 Å². The van der Waals surface area contributed by atoms with Crippen LogP contribution in [0.2, 0.25) is 0 Å². The summed E-state index contributed by atoms with van der Waals surface area (Å²) in [5, 5.41) is 2.37. The lowest BCUT2D eigenvalue weighted by atomic mass is 9.89. The maximum absolute atomic E-state index is 6.61. The predicted octanol–water partition coefficient (Wildman–Crippen LogP) is 8.28. The molecule has 3 aromatic carbocycles. The van der Waals surface area contributed by atoms with Crippen molar-refractivity contribution < 1.29 is 8.98 Å². The molecular weight excluding hydrogens is 454 g/mol. The summed E-state index contributed by atoms with van der Waals surface area (Å²) in [6.07, 6.45) is 2.03. The first-order valence-electron chi connectivity index (χ1n) is 13.2. The van der Waals surface area contributed by atoms with Crippen LogP contribution in [-0.4, -0.2) is 9.55 Å². The fourth-order valence-electron chi connectivity index (χ4n) is 5.89. The number of para-hydroxylation sites is 3. The summed E-state index contributed by atoms with van der Waals surface area (Å²) in [7, 11) is 2.16. The highest BCUT2D eigenvalue weighted by Gasteiger charge is 2.33. The molecule has 186 valence electrons. The second-order valence-electron chi connectivity index (χ2n) is 10.9. The molecule has 3 aromatic heterocycles. The fourth-order valence-corrected chi connectivity index (χ4v) is 5.89. The summed E-state index contributed by atoms with van der Waals surface area (Å²) >= 11 is 0. The summed E-state index contributed by atoms with van der Waals surface area (Å²) in [6.45, 7) is 13.4. The molecule has 6 rings (SSSR count). The van der Waals surface area contributed by atoms with E-state index in [-0.39, 0.29) is 5.92 Å². The smallest absolute Gasteiger partial charge is 0.296 e. The maximum atomic E-state index is 6.61. The van der Waals surface area contributed by atoms with Crippen LogP contribution in [-0.2, 0) is 7.05 Å². The van der Waals surface area contributed by atoms with Gasteiger partial charge in [0.05, 0.1) is 12.6 Å². The Morgan fingerprint density at radius 2 is 1.59 bits per heavy atom. The summed E-state index contributed by atoms with van der Waals surface area (Å²) in [5.74, 6) is 1.71. The van der Waals surface area contributed by atoms with E-state index in [0.29, 0.717) is 5.92 Å².